The van der Waals surface area contributed by atoms with Gasteiger partial charge in [-0.15, -0.1) is 24.0 Å². The van der Waals surface area contributed by atoms with Crippen LogP contribution in [0.2, 0.25) is 0 Å². The highest BCUT2D eigenvalue weighted by molar-refractivity contribution is 14.0. The molecule has 2 aromatic carbocycles. The van der Waals surface area contributed by atoms with Gasteiger partial charge in [0, 0.05) is 18.8 Å². The molecule has 0 aliphatic carbocycles. The smallest absolute Gasteiger partial charge is 0.226 e. The SMILES string of the molecule is CN=C(NCc1coc(-c2ccc(C)cc2)n1)NCc1ccn(-c2ccc(OC)cc2)n1.I. The number of aryl methyl sites for hydroxylation is 1. The molecule has 2 heterocycles. The van der Waals surface area contributed by atoms with E-state index in [1.54, 1.807) is 20.4 Å². The maximum absolute atomic E-state index is 5.61. The zero-order chi connectivity index (χ0) is 22.3. The molecular formula is C24H27IN6O2. The molecule has 2 aromatic heterocycles. The monoisotopic (exact) mass is 558 g/mol. The summed E-state index contributed by atoms with van der Waals surface area (Å²) in [6.45, 7) is 3.09. The van der Waals surface area contributed by atoms with Crippen molar-refractivity contribution in [3.05, 3.63) is 84.0 Å². The zero-order valence-electron chi connectivity index (χ0n) is 18.8. The van der Waals surface area contributed by atoms with E-state index in [0.29, 0.717) is 24.9 Å². The molecule has 0 saturated carbocycles. The predicted octanol–water partition coefficient (Wildman–Crippen LogP) is 4.33. The topological polar surface area (TPSA) is 89.5 Å². The number of benzene rings is 2. The van der Waals surface area contributed by atoms with Crippen molar-refractivity contribution in [3.63, 3.8) is 0 Å². The third kappa shape index (κ3) is 6.35. The van der Waals surface area contributed by atoms with Crippen LogP contribution in [0.15, 0.2) is 76.5 Å². The molecule has 0 radical (unpaired) electrons. The fourth-order valence-electron chi connectivity index (χ4n) is 3.12. The van der Waals surface area contributed by atoms with Gasteiger partial charge in [0.05, 0.1) is 37.3 Å². The highest BCUT2D eigenvalue weighted by atomic mass is 127. The highest BCUT2D eigenvalue weighted by Gasteiger charge is 2.08. The molecule has 0 amide bonds. The first kappa shape index (κ1) is 24.3. The van der Waals surface area contributed by atoms with Gasteiger partial charge in [-0.05, 0) is 49.4 Å². The lowest BCUT2D eigenvalue weighted by Crippen LogP contribution is -2.36. The summed E-state index contributed by atoms with van der Waals surface area (Å²) < 4.78 is 12.6. The Hall–Kier alpha value is -3.34. The van der Waals surface area contributed by atoms with Crippen molar-refractivity contribution in [1.29, 1.82) is 0 Å². The first-order valence-corrected chi connectivity index (χ1v) is 10.3. The molecule has 0 atom stereocenters. The third-order valence-corrected chi connectivity index (χ3v) is 4.93. The van der Waals surface area contributed by atoms with Crippen LogP contribution in [-0.4, -0.2) is 34.9 Å². The first-order chi connectivity index (χ1) is 15.6. The Labute approximate surface area is 210 Å². The number of nitrogens with zero attached hydrogens (tertiary/aromatic N) is 4. The van der Waals surface area contributed by atoms with E-state index in [1.165, 1.54) is 5.56 Å². The van der Waals surface area contributed by atoms with E-state index in [2.05, 4.69) is 32.6 Å². The van der Waals surface area contributed by atoms with Crippen molar-refractivity contribution >= 4 is 29.9 Å². The minimum atomic E-state index is 0. The Morgan fingerprint density at radius 3 is 2.36 bits per heavy atom. The van der Waals surface area contributed by atoms with Crippen molar-refractivity contribution in [3.8, 4) is 22.9 Å². The minimum Gasteiger partial charge on any atom is -0.497 e. The van der Waals surface area contributed by atoms with Gasteiger partial charge in [0.2, 0.25) is 5.89 Å². The maximum atomic E-state index is 5.61. The number of oxazole rings is 1. The second-order valence-corrected chi connectivity index (χ2v) is 7.24. The third-order valence-electron chi connectivity index (χ3n) is 4.93. The summed E-state index contributed by atoms with van der Waals surface area (Å²) >= 11 is 0. The number of aliphatic imine (C=N–C) groups is 1. The summed E-state index contributed by atoms with van der Waals surface area (Å²) in [6.07, 6.45) is 3.59. The summed E-state index contributed by atoms with van der Waals surface area (Å²) in [5.41, 5.74) is 4.82. The molecule has 4 rings (SSSR count). The normalized spacial score (nSPS) is 11.1. The molecule has 0 fully saturated rings. The lowest BCUT2D eigenvalue weighted by Gasteiger charge is -2.09. The van der Waals surface area contributed by atoms with Crippen molar-refractivity contribution in [2.45, 2.75) is 20.0 Å². The average Bonchev–Trinajstić information content (AvgIpc) is 3.50. The Kier molecular flexibility index (Phi) is 8.47. The number of rotatable bonds is 7. The molecule has 8 nitrogen and oxygen atoms in total. The van der Waals surface area contributed by atoms with E-state index in [1.807, 2.05) is 65.5 Å². The summed E-state index contributed by atoms with van der Waals surface area (Å²) in [5.74, 6) is 2.08. The number of methoxy groups -OCH3 is 1. The lowest BCUT2D eigenvalue weighted by atomic mass is 10.1. The predicted molar refractivity (Wildman–Crippen MR) is 139 cm³/mol. The van der Waals surface area contributed by atoms with Crippen LogP contribution >= 0.6 is 24.0 Å². The van der Waals surface area contributed by atoms with Gasteiger partial charge in [-0.2, -0.15) is 5.10 Å². The van der Waals surface area contributed by atoms with E-state index >= 15 is 0 Å². The maximum Gasteiger partial charge on any atom is 0.226 e. The molecular weight excluding hydrogens is 531 g/mol. The van der Waals surface area contributed by atoms with E-state index in [-0.39, 0.29) is 24.0 Å². The Balaban J connectivity index is 0.00000306. The van der Waals surface area contributed by atoms with Gasteiger partial charge in [0.15, 0.2) is 5.96 Å². The van der Waals surface area contributed by atoms with Crippen LogP contribution in [0, 0.1) is 6.92 Å². The number of nitrogens with one attached hydrogen (secondary N) is 2. The Bertz CT molecular complexity index is 1180. The molecule has 9 heteroatoms. The number of guanidine groups is 1. The Morgan fingerprint density at radius 1 is 1.00 bits per heavy atom. The summed E-state index contributed by atoms with van der Waals surface area (Å²) in [4.78, 5) is 8.81. The standard InChI is InChI=1S/C24H26N6O2.HI/c1-17-4-6-18(7-5-17)23-28-20(16-32-23)15-27-24(25-2)26-14-19-12-13-30(29-19)21-8-10-22(31-3)11-9-21;/h4-13,16H,14-15H2,1-3H3,(H2,25,26,27);1H. The Morgan fingerprint density at radius 2 is 1.70 bits per heavy atom. The molecule has 33 heavy (non-hydrogen) atoms. The number of aromatic nitrogens is 3. The van der Waals surface area contributed by atoms with Gasteiger partial charge in [-0.25, -0.2) is 9.67 Å². The van der Waals surface area contributed by atoms with Crippen molar-refractivity contribution in [2.24, 2.45) is 4.99 Å². The molecule has 0 saturated heterocycles. The van der Waals surface area contributed by atoms with E-state index in [9.17, 15) is 0 Å². The molecule has 172 valence electrons. The fourth-order valence-corrected chi connectivity index (χ4v) is 3.12. The summed E-state index contributed by atoms with van der Waals surface area (Å²) in [6, 6.07) is 17.8. The second kappa shape index (κ2) is 11.5. The molecule has 0 unspecified atom stereocenters. The van der Waals surface area contributed by atoms with Crippen molar-refractivity contribution in [2.75, 3.05) is 14.2 Å². The zero-order valence-corrected chi connectivity index (χ0v) is 21.1. The van der Waals surface area contributed by atoms with E-state index < -0.39 is 0 Å². The molecule has 0 bridgehead atoms. The first-order valence-electron chi connectivity index (χ1n) is 10.3. The van der Waals surface area contributed by atoms with Gasteiger partial charge < -0.3 is 19.8 Å². The molecule has 2 N–H and O–H groups in total. The lowest BCUT2D eigenvalue weighted by molar-refractivity contribution is 0.414. The van der Waals surface area contributed by atoms with Crippen LogP contribution in [0.1, 0.15) is 17.0 Å². The number of hydrogen-bond acceptors (Lipinski definition) is 5. The van der Waals surface area contributed by atoms with Crippen molar-refractivity contribution < 1.29 is 9.15 Å². The number of hydrogen-bond donors (Lipinski definition) is 2. The molecule has 0 aliphatic rings. The van der Waals surface area contributed by atoms with Gasteiger partial charge in [0.1, 0.15) is 12.0 Å². The van der Waals surface area contributed by atoms with Gasteiger partial charge >= 0.3 is 0 Å². The van der Waals surface area contributed by atoms with Crippen LogP contribution in [0.25, 0.3) is 17.1 Å². The van der Waals surface area contributed by atoms with Crippen LogP contribution in [0.3, 0.4) is 0 Å². The van der Waals surface area contributed by atoms with Crippen LogP contribution in [-0.2, 0) is 13.1 Å². The highest BCUT2D eigenvalue weighted by Crippen LogP contribution is 2.19. The fraction of sp³-hybridized carbons (Fsp3) is 0.208. The van der Waals surface area contributed by atoms with Crippen LogP contribution in [0.5, 0.6) is 5.75 Å². The van der Waals surface area contributed by atoms with Crippen LogP contribution in [0.4, 0.5) is 0 Å². The van der Waals surface area contributed by atoms with Crippen LogP contribution < -0.4 is 15.4 Å². The largest absolute Gasteiger partial charge is 0.497 e. The second-order valence-electron chi connectivity index (χ2n) is 7.24. The molecule has 4 aromatic rings. The molecule has 0 spiro atoms. The number of halogens is 1. The summed E-state index contributed by atoms with van der Waals surface area (Å²) in [7, 11) is 3.38. The van der Waals surface area contributed by atoms with E-state index in [0.717, 1.165) is 28.4 Å². The van der Waals surface area contributed by atoms with E-state index in [4.69, 9.17) is 9.15 Å². The van der Waals surface area contributed by atoms with Crippen molar-refractivity contribution in [1.82, 2.24) is 25.4 Å². The van der Waals surface area contributed by atoms with Gasteiger partial charge in [-0.1, -0.05) is 17.7 Å². The quantitative estimate of drug-likeness (QED) is 0.200. The number of ether oxygens (including phenoxy) is 1. The average molecular weight is 558 g/mol. The molecule has 0 aliphatic heterocycles. The summed E-state index contributed by atoms with van der Waals surface area (Å²) in [5, 5.41) is 11.1. The van der Waals surface area contributed by atoms with Gasteiger partial charge in [0.25, 0.3) is 0 Å². The van der Waals surface area contributed by atoms with Gasteiger partial charge in [-0.3, -0.25) is 4.99 Å². The minimum absolute atomic E-state index is 0.